The van der Waals surface area contributed by atoms with E-state index in [0.717, 1.165) is 31.7 Å². The van der Waals surface area contributed by atoms with Crippen LogP contribution < -0.4 is 10.6 Å². The molecule has 1 aliphatic carbocycles. The van der Waals surface area contributed by atoms with Crippen molar-refractivity contribution in [2.45, 2.75) is 78.3 Å². The van der Waals surface area contributed by atoms with Crippen LogP contribution in [0, 0.1) is 17.3 Å². The average Bonchev–Trinajstić information content (AvgIpc) is 2.40. The molecule has 116 valence electrons. The number of carbonyl (C=O) groups excluding carboxylic acids is 1. The first-order valence-electron chi connectivity index (χ1n) is 8.41. The number of hydrogen-bond donors (Lipinski definition) is 2. The molecule has 2 fully saturated rings. The summed E-state index contributed by atoms with van der Waals surface area (Å²) in [6.45, 7) is 10.2. The molecular formula is C17H32N2O. The van der Waals surface area contributed by atoms with Crippen molar-refractivity contribution in [2.75, 3.05) is 6.54 Å². The van der Waals surface area contributed by atoms with E-state index in [1.807, 2.05) is 0 Å². The lowest BCUT2D eigenvalue weighted by Gasteiger charge is -2.37. The van der Waals surface area contributed by atoms with E-state index in [2.05, 4.69) is 38.3 Å². The summed E-state index contributed by atoms with van der Waals surface area (Å²) < 4.78 is 0. The van der Waals surface area contributed by atoms with Gasteiger partial charge in [-0.15, -0.1) is 0 Å². The smallest absolute Gasteiger partial charge is 0.223 e. The van der Waals surface area contributed by atoms with Crippen LogP contribution in [0.2, 0.25) is 0 Å². The first-order valence-corrected chi connectivity index (χ1v) is 8.41. The van der Waals surface area contributed by atoms with Gasteiger partial charge in [-0.2, -0.15) is 0 Å². The molecule has 20 heavy (non-hydrogen) atoms. The predicted octanol–water partition coefficient (Wildman–Crippen LogP) is 3.10. The Morgan fingerprint density at radius 2 is 1.75 bits per heavy atom. The topological polar surface area (TPSA) is 41.1 Å². The highest BCUT2D eigenvalue weighted by molar-refractivity contribution is 5.79. The number of carbonyl (C=O) groups is 1. The second-order valence-electron chi connectivity index (χ2n) is 7.91. The van der Waals surface area contributed by atoms with Crippen LogP contribution in [0.4, 0.5) is 0 Å². The molecule has 1 saturated carbocycles. The maximum Gasteiger partial charge on any atom is 0.223 e. The molecule has 0 aromatic heterocycles. The van der Waals surface area contributed by atoms with Crippen molar-refractivity contribution in [1.29, 1.82) is 0 Å². The molecule has 1 saturated heterocycles. The molecule has 2 rings (SSSR count). The van der Waals surface area contributed by atoms with E-state index >= 15 is 0 Å². The van der Waals surface area contributed by atoms with Gasteiger partial charge in [0.1, 0.15) is 0 Å². The van der Waals surface area contributed by atoms with E-state index in [4.69, 9.17) is 0 Å². The van der Waals surface area contributed by atoms with Crippen LogP contribution in [-0.2, 0) is 4.79 Å². The number of nitrogens with one attached hydrogen (secondary N) is 2. The fourth-order valence-corrected chi connectivity index (χ4v) is 3.76. The average molecular weight is 280 g/mol. The molecule has 2 unspecified atom stereocenters. The van der Waals surface area contributed by atoms with Gasteiger partial charge in [-0.25, -0.2) is 0 Å². The summed E-state index contributed by atoms with van der Waals surface area (Å²) in [5.41, 5.74) is 0.392. The van der Waals surface area contributed by atoms with E-state index in [-0.39, 0.29) is 5.92 Å². The monoisotopic (exact) mass is 280 g/mol. The van der Waals surface area contributed by atoms with Gasteiger partial charge in [0, 0.05) is 18.0 Å². The Morgan fingerprint density at radius 3 is 2.30 bits per heavy atom. The van der Waals surface area contributed by atoms with Crippen molar-refractivity contribution in [3.63, 3.8) is 0 Å². The Bertz CT molecular complexity index is 326. The van der Waals surface area contributed by atoms with E-state index in [1.54, 1.807) is 0 Å². The van der Waals surface area contributed by atoms with Crippen LogP contribution in [-0.4, -0.2) is 24.5 Å². The highest BCUT2D eigenvalue weighted by Gasteiger charge is 2.33. The summed E-state index contributed by atoms with van der Waals surface area (Å²) >= 11 is 0. The van der Waals surface area contributed by atoms with Gasteiger partial charge >= 0.3 is 0 Å². The molecule has 1 aliphatic heterocycles. The first kappa shape index (κ1) is 15.8. The summed E-state index contributed by atoms with van der Waals surface area (Å²) in [7, 11) is 0. The largest absolute Gasteiger partial charge is 0.352 e. The number of piperidine rings is 1. The zero-order valence-electron chi connectivity index (χ0n) is 13.7. The summed E-state index contributed by atoms with van der Waals surface area (Å²) in [6, 6.07) is 0.746. The predicted molar refractivity (Wildman–Crippen MR) is 83.5 cm³/mol. The molecule has 0 aromatic carbocycles. The summed E-state index contributed by atoms with van der Waals surface area (Å²) in [6.07, 6.45) is 6.86. The third kappa shape index (κ3) is 3.97. The van der Waals surface area contributed by atoms with Gasteiger partial charge in [-0.05, 0) is 63.3 Å². The SMILES string of the molecule is CC1NCCCC1NC(=O)C1CCC(C(C)(C)C)CC1. The second-order valence-corrected chi connectivity index (χ2v) is 7.91. The Kier molecular flexibility index (Phi) is 5.11. The van der Waals surface area contributed by atoms with Crippen LogP contribution >= 0.6 is 0 Å². The molecule has 0 spiro atoms. The number of hydrogen-bond acceptors (Lipinski definition) is 2. The highest BCUT2D eigenvalue weighted by Crippen LogP contribution is 2.39. The lowest BCUT2D eigenvalue weighted by atomic mass is 9.69. The third-order valence-electron chi connectivity index (χ3n) is 5.41. The normalized spacial score (nSPS) is 35.6. The maximum atomic E-state index is 12.4. The minimum Gasteiger partial charge on any atom is -0.352 e. The second kappa shape index (κ2) is 6.46. The van der Waals surface area contributed by atoms with Crippen molar-refractivity contribution >= 4 is 5.91 Å². The Balaban J connectivity index is 1.80. The standard InChI is InChI=1S/C17H32N2O/c1-12-15(6-5-11-18-12)19-16(20)13-7-9-14(10-8-13)17(2,3)4/h12-15,18H,5-11H2,1-4H3,(H,19,20). The summed E-state index contributed by atoms with van der Waals surface area (Å²) in [5.74, 6) is 1.34. The lowest BCUT2D eigenvalue weighted by molar-refractivity contribution is -0.127. The maximum absolute atomic E-state index is 12.4. The van der Waals surface area contributed by atoms with Gasteiger partial charge in [0.25, 0.3) is 0 Å². The van der Waals surface area contributed by atoms with Gasteiger partial charge in [0.2, 0.25) is 5.91 Å². The number of rotatable bonds is 2. The number of amides is 1. The Labute approximate surface area is 124 Å². The lowest BCUT2D eigenvalue weighted by Crippen LogP contribution is -2.53. The van der Waals surface area contributed by atoms with Crippen LogP contribution in [0.5, 0.6) is 0 Å². The first-order chi connectivity index (χ1) is 9.38. The van der Waals surface area contributed by atoms with Gasteiger partial charge in [0.15, 0.2) is 0 Å². The molecule has 1 heterocycles. The zero-order valence-corrected chi connectivity index (χ0v) is 13.7. The van der Waals surface area contributed by atoms with Gasteiger partial charge in [-0.3, -0.25) is 4.79 Å². The molecule has 2 N–H and O–H groups in total. The van der Waals surface area contributed by atoms with Gasteiger partial charge in [-0.1, -0.05) is 20.8 Å². The molecule has 1 amide bonds. The minimum absolute atomic E-state index is 0.253. The van der Waals surface area contributed by atoms with Gasteiger partial charge in [0.05, 0.1) is 0 Å². The molecule has 0 aromatic rings. The van der Waals surface area contributed by atoms with Crippen molar-refractivity contribution in [1.82, 2.24) is 10.6 Å². The van der Waals surface area contributed by atoms with Crippen molar-refractivity contribution in [3.8, 4) is 0 Å². The van der Waals surface area contributed by atoms with Crippen LogP contribution in [0.15, 0.2) is 0 Å². The fraction of sp³-hybridized carbons (Fsp3) is 0.941. The van der Waals surface area contributed by atoms with E-state index < -0.39 is 0 Å². The van der Waals surface area contributed by atoms with Crippen LogP contribution in [0.3, 0.4) is 0 Å². The quantitative estimate of drug-likeness (QED) is 0.816. The molecule has 3 nitrogen and oxygen atoms in total. The van der Waals surface area contributed by atoms with Gasteiger partial charge < -0.3 is 10.6 Å². The van der Waals surface area contributed by atoms with Crippen molar-refractivity contribution < 1.29 is 4.79 Å². The van der Waals surface area contributed by atoms with Crippen molar-refractivity contribution in [2.24, 2.45) is 17.3 Å². The fourth-order valence-electron chi connectivity index (χ4n) is 3.76. The van der Waals surface area contributed by atoms with E-state index in [1.165, 1.54) is 19.3 Å². The molecule has 0 radical (unpaired) electrons. The van der Waals surface area contributed by atoms with Crippen molar-refractivity contribution in [3.05, 3.63) is 0 Å². The van der Waals surface area contributed by atoms with E-state index in [0.29, 0.717) is 23.4 Å². The molecule has 0 bridgehead atoms. The van der Waals surface area contributed by atoms with Crippen LogP contribution in [0.25, 0.3) is 0 Å². The minimum atomic E-state index is 0.253. The molecular weight excluding hydrogens is 248 g/mol. The summed E-state index contributed by atoms with van der Waals surface area (Å²) in [5, 5.41) is 6.74. The Hall–Kier alpha value is -0.570. The van der Waals surface area contributed by atoms with E-state index in [9.17, 15) is 4.79 Å². The van der Waals surface area contributed by atoms with Crippen LogP contribution in [0.1, 0.15) is 66.2 Å². The zero-order chi connectivity index (χ0) is 14.8. The Morgan fingerprint density at radius 1 is 1.10 bits per heavy atom. The third-order valence-corrected chi connectivity index (χ3v) is 5.41. The molecule has 3 heteroatoms. The highest BCUT2D eigenvalue weighted by atomic mass is 16.1. The summed E-state index contributed by atoms with van der Waals surface area (Å²) in [4.78, 5) is 12.4. The molecule has 2 aliphatic rings. The molecule has 2 atom stereocenters.